The van der Waals surface area contributed by atoms with Crippen molar-refractivity contribution >= 4 is 40.9 Å². The highest BCUT2D eigenvalue weighted by Gasteiger charge is 2.41. The third-order valence-corrected chi connectivity index (χ3v) is 6.79. The van der Waals surface area contributed by atoms with Gasteiger partial charge >= 0.3 is 0 Å². The van der Waals surface area contributed by atoms with E-state index in [4.69, 9.17) is 0 Å². The van der Waals surface area contributed by atoms with Crippen LogP contribution in [-0.2, 0) is 14.4 Å². The summed E-state index contributed by atoms with van der Waals surface area (Å²) in [6, 6.07) is 11.4. The third kappa shape index (κ3) is 4.58. The van der Waals surface area contributed by atoms with E-state index in [1.807, 2.05) is 12.1 Å². The molecule has 0 aliphatic carbocycles. The molecule has 1 atom stereocenters. The number of piperidine rings is 1. The number of rotatable bonds is 4. The molecule has 2 aromatic rings. The lowest BCUT2D eigenvalue weighted by molar-refractivity contribution is -0.135. The third-order valence-electron chi connectivity index (χ3n) is 5.55. The summed E-state index contributed by atoms with van der Waals surface area (Å²) in [5.41, 5.74) is 1.69. The highest BCUT2D eigenvalue weighted by atomic mass is 32.2. The lowest BCUT2D eigenvalue weighted by Crippen LogP contribution is -2.52. The normalized spacial score (nSPS) is 18.5. The first-order chi connectivity index (χ1) is 14.9. The molecule has 4 rings (SSSR count). The molecule has 1 N–H and O–H groups in total. The lowest BCUT2D eigenvalue weighted by atomic mass is 10.1. The average Bonchev–Trinajstić information content (AvgIpc) is 2.77. The number of para-hydroxylation sites is 1. The van der Waals surface area contributed by atoms with Crippen molar-refractivity contribution in [2.45, 2.75) is 36.3 Å². The van der Waals surface area contributed by atoms with Gasteiger partial charge in [-0.25, -0.2) is 4.39 Å². The Hall–Kier alpha value is -2.87. The van der Waals surface area contributed by atoms with Crippen molar-refractivity contribution in [1.29, 1.82) is 0 Å². The fraction of sp³-hybridized carbons (Fsp3) is 0.348. The van der Waals surface area contributed by atoms with E-state index in [1.54, 1.807) is 24.0 Å². The number of fused-ring (bicyclic) bond motifs is 1. The van der Waals surface area contributed by atoms with Crippen molar-refractivity contribution in [1.82, 2.24) is 4.90 Å². The zero-order chi connectivity index (χ0) is 22.0. The van der Waals surface area contributed by atoms with Gasteiger partial charge in [0, 0.05) is 23.7 Å². The van der Waals surface area contributed by atoms with Crippen LogP contribution in [0.4, 0.5) is 15.8 Å². The van der Waals surface area contributed by atoms with Gasteiger partial charge in [-0.2, -0.15) is 0 Å². The zero-order valence-corrected chi connectivity index (χ0v) is 18.1. The maximum atomic E-state index is 13.3. The minimum absolute atomic E-state index is 0.191. The van der Waals surface area contributed by atoms with E-state index in [-0.39, 0.29) is 24.2 Å². The molecular formula is C23H24FN3O3S. The van der Waals surface area contributed by atoms with Crippen LogP contribution < -0.4 is 10.2 Å². The Morgan fingerprint density at radius 3 is 2.61 bits per heavy atom. The van der Waals surface area contributed by atoms with Gasteiger partial charge in [0.05, 0.1) is 5.69 Å². The van der Waals surface area contributed by atoms with Crippen molar-refractivity contribution in [3.8, 4) is 0 Å². The second kappa shape index (κ2) is 9.09. The number of hydrogen-bond acceptors (Lipinski definition) is 4. The van der Waals surface area contributed by atoms with Gasteiger partial charge in [-0.1, -0.05) is 12.1 Å². The summed E-state index contributed by atoms with van der Waals surface area (Å²) < 4.78 is 13.3. The summed E-state index contributed by atoms with van der Waals surface area (Å²) in [6.07, 6.45) is 2.97. The summed E-state index contributed by atoms with van der Waals surface area (Å²) in [7, 11) is 0. The standard InChI is InChI=1S/C23H24FN3O3S/c1-15-13-16(24)9-10-17(15)25-20(28)14-27-18-7-3-4-8-19(18)31-21(23(27)30)22(29)26-11-5-2-6-12-26/h3-4,7-10,13,21H,2,5-6,11-12,14H2,1H3,(H,25,28)/t21-/m0/s1. The van der Waals surface area contributed by atoms with E-state index in [0.717, 1.165) is 24.2 Å². The maximum Gasteiger partial charge on any atom is 0.250 e. The second-order valence-corrected chi connectivity index (χ2v) is 8.93. The summed E-state index contributed by atoms with van der Waals surface area (Å²) >= 11 is 1.25. The molecule has 6 nitrogen and oxygen atoms in total. The molecule has 162 valence electrons. The van der Waals surface area contributed by atoms with Crippen LogP contribution in [0.5, 0.6) is 0 Å². The molecule has 2 aliphatic heterocycles. The first-order valence-electron chi connectivity index (χ1n) is 10.4. The maximum absolute atomic E-state index is 13.3. The van der Waals surface area contributed by atoms with Gasteiger partial charge in [0.15, 0.2) is 5.25 Å². The Morgan fingerprint density at radius 2 is 1.87 bits per heavy atom. The van der Waals surface area contributed by atoms with Crippen LogP contribution in [-0.4, -0.2) is 47.5 Å². The van der Waals surface area contributed by atoms with Crippen LogP contribution in [0.1, 0.15) is 24.8 Å². The number of carbonyl (C=O) groups is 3. The number of amides is 3. The molecule has 8 heteroatoms. The Labute approximate surface area is 184 Å². The van der Waals surface area contributed by atoms with Crippen LogP contribution >= 0.6 is 11.8 Å². The van der Waals surface area contributed by atoms with Gasteiger partial charge in [0.2, 0.25) is 11.8 Å². The number of anilines is 2. The van der Waals surface area contributed by atoms with Crippen molar-refractivity contribution in [3.63, 3.8) is 0 Å². The molecule has 3 amide bonds. The number of hydrogen-bond donors (Lipinski definition) is 1. The fourth-order valence-corrected chi connectivity index (χ4v) is 5.11. The van der Waals surface area contributed by atoms with Crippen molar-refractivity contribution in [2.24, 2.45) is 0 Å². The highest BCUT2D eigenvalue weighted by Crippen LogP contribution is 2.40. The first-order valence-corrected chi connectivity index (χ1v) is 11.2. The minimum atomic E-state index is -0.895. The van der Waals surface area contributed by atoms with Gasteiger partial charge in [-0.05, 0) is 62.1 Å². The van der Waals surface area contributed by atoms with Crippen LogP contribution in [0, 0.1) is 12.7 Å². The number of nitrogens with one attached hydrogen (secondary N) is 1. The molecule has 31 heavy (non-hydrogen) atoms. The molecule has 2 aromatic carbocycles. The van der Waals surface area contributed by atoms with Crippen LogP contribution in [0.2, 0.25) is 0 Å². The number of nitrogens with zero attached hydrogens (tertiary/aromatic N) is 2. The highest BCUT2D eigenvalue weighted by molar-refractivity contribution is 8.01. The van der Waals surface area contributed by atoms with E-state index in [1.165, 1.54) is 34.9 Å². The largest absolute Gasteiger partial charge is 0.341 e. The summed E-state index contributed by atoms with van der Waals surface area (Å²) in [5.74, 6) is -1.37. The Balaban J connectivity index is 1.55. The molecule has 0 radical (unpaired) electrons. The van der Waals surface area contributed by atoms with E-state index >= 15 is 0 Å². The van der Waals surface area contributed by atoms with E-state index < -0.39 is 11.2 Å². The number of thioether (sulfide) groups is 1. The monoisotopic (exact) mass is 441 g/mol. The molecule has 0 saturated carbocycles. The summed E-state index contributed by atoms with van der Waals surface area (Å²) in [6.45, 7) is 2.80. The van der Waals surface area contributed by atoms with Crippen LogP contribution in [0.25, 0.3) is 0 Å². The molecule has 1 fully saturated rings. The van der Waals surface area contributed by atoms with Crippen molar-refractivity contribution in [3.05, 3.63) is 53.8 Å². The topological polar surface area (TPSA) is 69.7 Å². The van der Waals surface area contributed by atoms with Crippen LogP contribution in [0.15, 0.2) is 47.4 Å². The van der Waals surface area contributed by atoms with Gasteiger partial charge in [0.25, 0.3) is 5.91 Å². The second-order valence-electron chi connectivity index (χ2n) is 7.78. The number of halogens is 1. The predicted octanol–water partition coefficient (Wildman–Crippen LogP) is 3.59. The fourth-order valence-electron chi connectivity index (χ4n) is 3.92. The Kier molecular flexibility index (Phi) is 6.27. The quantitative estimate of drug-likeness (QED) is 0.737. The summed E-state index contributed by atoms with van der Waals surface area (Å²) in [4.78, 5) is 43.1. The smallest absolute Gasteiger partial charge is 0.250 e. The number of carbonyl (C=O) groups excluding carboxylic acids is 3. The first kappa shape index (κ1) is 21.4. The number of likely N-dealkylation sites (tertiary alicyclic amines) is 1. The molecule has 1 saturated heterocycles. The lowest BCUT2D eigenvalue weighted by Gasteiger charge is -2.36. The average molecular weight is 442 g/mol. The van der Waals surface area contributed by atoms with Crippen LogP contribution in [0.3, 0.4) is 0 Å². The van der Waals surface area contributed by atoms with E-state index in [0.29, 0.717) is 30.0 Å². The Morgan fingerprint density at radius 1 is 1.13 bits per heavy atom. The van der Waals surface area contributed by atoms with Gasteiger partial charge < -0.3 is 15.1 Å². The molecule has 0 unspecified atom stereocenters. The molecule has 0 bridgehead atoms. The van der Waals surface area contributed by atoms with Gasteiger partial charge in [-0.15, -0.1) is 11.8 Å². The van der Waals surface area contributed by atoms with Gasteiger partial charge in [-0.3, -0.25) is 14.4 Å². The Bertz CT molecular complexity index is 1020. The minimum Gasteiger partial charge on any atom is -0.341 e. The molecular weight excluding hydrogens is 417 g/mol. The molecule has 0 aromatic heterocycles. The molecule has 2 aliphatic rings. The zero-order valence-electron chi connectivity index (χ0n) is 17.3. The molecule has 0 spiro atoms. The van der Waals surface area contributed by atoms with Crippen molar-refractivity contribution < 1.29 is 18.8 Å². The molecule has 2 heterocycles. The number of benzene rings is 2. The summed E-state index contributed by atoms with van der Waals surface area (Å²) in [5, 5.41) is 1.85. The van der Waals surface area contributed by atoms with E-state index in [2.05, 4.69) is 5.32 Å². The van der Waals surface area contributed by atoms with Gasteiger partial charge in [0.1, 0.15) is 12.4 Å². The van der Waals surface area contributed by atoms with E-state index in [9.17, 15) is 18.8 Å². The SMILES string of the molecule is Cc1cc(F)ccc1NC(=O)CN1C(=O)[C@H](C(=O)N2CCCCC2)Sc2ccccc21. The van der Waals surface area contributed by atoms with Crippen molar-refractivity contribution in [2.75, 3.05) is 29.9 Å². The number of aryl methyl sites for hydroxylation is 1. The predicted molar refractivity (Wildman–Crippen MR) is 119 cm³/mol.